The van der Waals surface area contributed by atoms with Crippen molar-refractivity contribution in [2.75, 3.05) is 0 Å². The number of primary sulfonamides is 1. The standard InChI is InChI=1S/C9H11ClNO2S/c1-3-7-4-8(14(11,12)13)5-9(10)6(7)2/h3-5H,1-2H3,(H2,11,12,13). The van der Waals surface area contributed by atoms with Gasteiger partial charge in [-0.2, -0.15) is 0 Å². The van der Waals surface area contributed by atoms with Gasteiger partial charge in [0.15, 0.2) is 0 Å². The molecular formula is C9H11ClNO2S. The highest BCUT2D eigenvalue weighted by atomic mass is 35.5. The first-order valence-electron chi connectivity index (χ1n) is 3.98. The van der Waals surface area contributed by atoms with E-state index in [4.69, 9.17) is 16.7 Å². The lowest BCUT2D eigenvalue weighted by Crippen LogP contribution is -2.12. The van der Waals surface area contributed by atoms with Crippen LogP contribution in [0.15, 0.2) is 17.0 Å². The van der Waals surface area contributed by atoms with E-state index in [1.165, 1.54) is 12.1 Å². The van der Waals surface area contributed by atoms with E-state index in [-0.39, 0.29) is 4.90 Å². The van der Waals surface area contributed by atoms with Gasteiger partial charge in [0.05, 0.1) is 4.90 Å². The van der Waals surface area contributed by atoms with Crippen LogP contribution in [0.3, 0.4) is 0 Å². The molecule has 0 spiro atoms. The van der Waals surface area contributed by atoms with E-state index in [9.17, 15) is 8.42 Å². The van der Waals surface area contributed by atoms with E-state index in [1.54, 1.807) is 6.42 Å². The zero-order valence-corrected chi connectivity index (χ0v) is 9.48. The van der Waals surface area contributed by atoms with Crippen molar-refractivity contribution >= 4 is 21.6 Å². The second-order valence-corrected chi connectivity index (χ2v) is 4.92. The third-order valence-corrected chi connectivity index (χ3v) is 3.28. The smallest absolute Gasteiger partial charge is 0.225 e. The highest BCUT2D eigenvalue weighted by molar-refractivity contribution is 7.89. The first-order valence-corrected chi connectivity index (χ1v) is 5.91. The van der Waals surface area contributed by atoms with Crippen LogP contribution in [0, 0.1) is 13.3 Å². The Kier molecular flexibility index (Phi) is 3.19. The number of benzene rings is 1. The van der Waals surface area contributed by atoms with Crippen molar-refractivity contribution in [1.29, 1.82) is 0 Å². The largest absolute Gasteiger partial charge is 0.238 e. The molecule has 0 bridgehead atoms. The van der Waals surface area contributed by atoms with Gasteiger partial charge in [0.2, 0.25) is 10.0 Å². The molecule has 0 heterocycles. The molecule has 0 saturated heterocycles. The van der Waals surface area contributed by atoms with Gasteiger partial charge in [-0.15, -0.1) is 0 Å². The molecule has 1 radical (unpaired) electrons. The first-order chi connectivity index (χ1) is 6.36. The molecule has 2 N–H and O–H groups in total. The molecule has 0 amide bonds. The molecule has 0 aliphatic heterocycles. The van der Waals surface area contributed by atoms with E-state index >= 15 is 0 Å². The van der Waals surface area contributed by atoms with Gasteiger partial charge in [0.1, 0.15) is 0 Å². The molecule has 14 heavy (non-hydrogen) atoms. The Hall–Kier alpha value is -0.580. The van der Waals surface area contributed by atoms with Gasteiger partial charge in [0, 0.05) is 5.02 Å². The second kappa shape index (κ2) is 3.88. The molecule has 0 aromatic heterocycles. The highest BCUT2D eigenvalue weighted by Crippen LogP contribution is 2.24. The summed E-state index contributed by atoms with van der Waals surface area (Å²) in [5.74, 6) is 0. The van der Waals surface area contributed by atoms with Gasteiger partial charge in [-0.3, -0.25) is 0 Å². The van der Waals surface area contributed by atoms with E-state index in [2.05, 4.69) is 0 Å². The number of hydrogen-bond donors (Lipinski definition) is 1. The Morgan fingerprint density at radius 1 is 1.43 bits per heavy atom. The maximum atomic E-state index is 11.1. The molecule has 0 saturated carbocycles. The molecule has 3 nitrogen and oxygen atoms in total. The Morgan fingerprint density at radius 3 is 2.43 bits per heavy atom. The third-order valence-electron chi connectivity index (χ3n) is 2.00. The van der Waals surface area contributed by atoms with Crippen LogP contribution in [0.25, 0.3) is 0 Å². The summed E-state index contributed by atoms with van der Waals surface area (Å²) in [6.07, 6.45) is 1.79. The molecule has 77 valence electrons. The Morgan fingerprint density at radius 2 is 2.00 bits per heavy atom. The summed E-state index contributed by atoms with van der Waals surface area (Å²) in [6.45, 7) is 3.64. The number of hydrogen-bond acceptors (Lipinski definition) is 2. The summed E-state index contributed by atoms with van der Waals surface area (Å²) in [6, 6.07) is 2.87. The van der Waals surface area contributed by atoms with Crippen molar-refractivity contribution in [2.45, 2.75) is 18.7 Å². The molecule has 5 heteroatoms. The van der Waals surface area contributed by atoms with Crippen LogP contribution < -0.4 is 5.14 Å². The number of sulfonamides is 1. The highest BCUT2D eigenvalue weighted by Gasteiger charge is 2.12. The normalized spacial score (nSPS) is 11.7. The third kappa shape index (κ3) is 2.26. The SMILES string of the molecule is C[CH]c1cc(S(N)(=O)=O)cc(Cl)c1C. The maximum absolute atomic E-state index is 11.1. The van der Waals surface area contributed by atoms with Crippen LogP contribution in [-0.4, -0.2) is 8.42 Å². The second-order valence-electron chi connectivity index (χ2n) is 2.95. The molecular weight excluding hydrogens is 222 g/mol. The minimum atomic E-state index is -3.68. The zero-order chi connectivity index (χ0) is 10.9. The summed E-state index contributed by atoms with van der Waals surface area (Å²) in [5, 5.41) is 5.41. The number of halogens is 1. The van der Waals surface area contributed by atoms with Crippen LogP contribution in [0.2, 0.25) is 5.02 Å². The maximum Gasteiger partial charge on any atom is 0.238 e. The van der Waals surface area contributed by atoms with Gasteiger partial charge >= 0.3 is 0 Å². The average molecular weight is 233 g/mol. The van der Waals surface area contributed by atoms with Gasteiger partial charge in [-0.1, -0.05) is 18.5 Å². The van der Waals surface area contributed by atoms with Gasteiger partial charge < -0.3 is 0 Å². The predicted molar refractivity (Wildman–Crippen MR) is 56.6 cm³/mol. The molecule has 0 aliphatic rings. The number of nitrogens with two attached hydrogens (primary N) is 1. The van der Waals surface area contributed by atoms with Crippen molar-refractivity contribution in [2.24, 2.45) is 5.14 Å². The minimum absolute atomic E-state index is 0.0428. The fourth-order valence-corrected chi connectivity index (χ4v) is 2.00. The first kappa shape index (κ1) is 11.5. The Bertz CT molecular complexity index is 454. The molecule has 0 unspecified atom stereocenters. The molecule has 0 aliphatic carbocycles. The van der Waals surface area contributed by atoms with Crippen molar-refractivity contribution < 1.29 is 8.42 Å². The van der Waals surface area contributed by atoms with E-state index in [0.29, 0.717) is 5.02 Å². The van der Waals surface area contributed by atoms with E-state index in [0.717, 1.165) is 11.1 Å². The number of rotatable bonds is 2. The van der Waals surface area contributed by atoms with Crippen molar-refractivity contribution in [3.8, 4) is 0 Å². The van der Waals surface area contributed by atoms with Crippen molar-refractivity contribution in [3.05, 3.63) is 34.7 Å². The summed E-state index contributed by atoms with van der Waals surface area (Å²) < 4.78 is 22.1. The molecule has 0 atom stereocenters. The topological polar surface area (TPSA) is 60.2 Å². The fourth-order valence-electron chi connectivity index (χ4n) is 1.14. The fraction of sp³-hybridized carbons (Fsp3) is 0.222. The van der Waals surface area contributed by atoms with Crippen LogP contribution in [0.1, 0.15) is 18.1 Å². The van der Waals surface area contributed by atoms with Crippen molar-refractivity contribution in [3.63, 3.8) is 0 Å². The summed E-state index contributed by atoms with van der Waals surface area (Å²) >= 11 is 5.86. The van der Waals surface area contributed by atoms with Gasteiger partial charge in [0.25, 0.3) is 0 Å². The average Bonchev–Trinajstić information content (AvgIpc) is 2.07. The quantitative estimate of drug-likeness (QED) is 0.846. The van der Waals surface area contributed by atoms with Crippen molar-refractivity contribution in [1.82, 2.24) is 0 Å². The van der Waals surface area contributed by atoms with Crippen LogP contribution >= 0.6 is 11.6 Å². The minimum Gasteiger partial charge on any atom is -0.225 e. The molecule has 0 fully saturated rings. The lowest BCUT2D eigenvalue weighted by Gasteiger charge is -2.07. The summed E-state index contributed by atoms with van der Waals surface area (Å²) in [5.41, 5.74) is 1.63. The zero-order valence-electron chi connectivity index (χ0n) is 7.91. The monoisotopic (exact) mass is 232 g/mol. The summed E-state index contributed by atoms with van der Waals surface area (Å²) in [7, 11) is -3.68. The van der Waals surface area contributed by atoms with Gasteiger partial charge in [-0.05, 0) is 36.6 Å². The Labute approximate surface area is 88.9 Å². The molecule has 1 aromatic rings. The predicted octanol–water partition coefficient (Wildman–Crippen LogP) is 1.87. The molecule has 1 aromatic carbocycles. The van der Waals surface area contributed by atoms with Crippen LogP contribution in [0.4, 0.5) is 0 Å². The van der Waals surface area contributed by atoms with E-state index < -0.39 is 10.0 Å². The lowest BCUT2D eigenvalue weighted by atomic mass is 10.1. The summed E-state index contributed by atoms with van der Waals surface area (Å²) in [4.78, 5) is 0.0428. The van der Waals surface area contributed by atoms with Crippen LogP contribution in [0.5, 0.6) is 0 Å². The van der Waals surface area contributed by atoms with E-state index in [1.807, 2.05) is 13.8 Å². The van der Waals surface area contributed by atoms with Crippen LogP contribution in [-0.2, 0) is 10.0 Å². The van der Waals surface area contributed by atoms with Gasteiger partial charge in [-0.25, -0.2) is 13.6 Å². The Balaban J connectivity index is 3.46. The lowest BCUT2D eigenvalue weighted by molar-refractivity contribution is 0.597. The molecule has 1 rings (SSSR count).